The Morgan fingerprint density at radius 1 is 0.900 bits per heavy atom. The summed E-state index contributed by atoms with van der Waals surface area (Å²) >= 11 is 0. The lowest BCUT2D eigenvalue weighted by Gasteiger charge is -2.45. The zero-order valence-corrected chi connectivity index (χ0v) is 13.5. The summed E-state index contributed by atoms with van der Waals surface area (Å²) in [5.41, 5.74) is 0.250. The first-order chi connectivity index (χ1) is 9.65. The molecule has 3 unspecified atom stereocenters. The average molecular weight is 279 g/mol. The molecule has 2 aliphatic carbocycles. The van der Waals surface area contributed by atoms with Crippen LogP contribution in [-0.2, 0) is 4.74 Å². The van der Waals surface area contributed by atoms with E-state index in [1.807, 2.05) is 0 Å². The van der Waals surface area contributed by atoms with Gasteiger partial charge in [-0.1, -0.05) is 33.1 Å². The monoisotopic (exact) mass is 279 g/mol. The second kappa shape index (κ2) is 6.36. The first kappa shape index (κ1) is 14.8. The third kappa shape index (κ3) is 3.57. The molecule has 3 aliphatic rings. The van der Waals surface area contributed by atoms with Crippen molar-refractivity contribution in [3.05, 3.63) is 0 Å². The minimum Gasteiger partial charge on any atom is -0.375 e. The molecule has 116 valence electrons. The van der Waals surface area contributed by atoms with E-state index in [1.54, 1.807) is 0 Å². The van der Waals surface area contributed by atoms with E-state index in [9.17, 15) is 0 Å². The maximum atomic E-state index is 6.23. The van der Waals surface area contributed by atoms with Gasteiger partial charge in [-0.25, -0.2) is 0 Å². The molecule has 1 heterocycles. The molecule has 1 saturated heterocycles. The normalized spacial score (nSPS) is 41.7. The van der Waals surface area contributed by atoms with Gasteiger partial charge in [0, 0.05) is 18.7 Å². The smallest absolute Gasteiger partial charge is 0.0697 e. The zero-order chi connectivity index (χ0) is 14.0. The van der Waals surface area contributed by atoms with Crippen molar-refractivity contribution < 1.29 is 4.74 Å². The van der Waals surface area contributed by atoms with Gasteiger partial charge in [0.05, 0.1) is 5.60 Å². The van der Waals surface area contributed by atoms with Crippen LogP contribution < -0.4 is 5.32 Å². The van der Waals surface area contributed by atoms with E-state index >= 15 is 0 Å². The Morgan fingerprint density at radius 2 is 1.60 bits per heavy atom. The van der Waals surface area contributed by atoms with Crippen molar-refractivity contribution in [1.82, 2.24) is 5.32 Å². The molecule has 0 aromatic heterocycles. The molecule has 20 heavy (non-hydrogen) atoms. The van der Waals surface area contributed by atoms with Crippen LogP contribution >= 0.6 is 0 Å². The lowest BCUT2D eigenvalue weighted by atomic mass is 9.77. The fourth-order valence-electron chi connectivity index (χ4n) is 5.13. The fourth-order valence-corrected chi connectivity index (χ4v) is 5.13. The molecule has 0 aromatic rings. The molecule has 1 spiro atoms. The summed E-state index contributed by atoms with van der Waals surface area (Å²) in [6.45, 7) is 5.84. The molecular weight excluding hydrogens is 246 g/mol. The van der Waals surface area contributed by atoms with E-state index in [1.165, 1.54) is 64.2 Å². The van der Waals surface area contributed by atoms with Gasteiger partial charge in [-0.05, 0) is 56.8 Å². The Kier molecular flexibility index (Phi) is 4.72. The molecule has 0 amide bonds. The third-order valence-electron chi connectivity index (χ3n) is 5.91. The van der Waals surface area contributed by atoms with Gasteiger partial charge >= 0.3 is 0 Å². The van der Waals surface area contributed by atoms with Gasteiger partial charge in [-0.3, -0.25) is 0 Å². The number of nitrogens with one attached hydrogen (secondary N) is 1. The third-order valence-corrected chi connectivity index (χ3v) is 5.91. The lowest BCUT2D eigenvalue weighted by Crippen LogP contribution is -2.51. The summed E-state index contributed by atoms with van der Waals surface area (Å²) < 4.78 is 6.23. The van der Waals surface area contributed by atoms with Crippen molar-refractivity contribution in [1.29, 1.82) is 0 Å². The maximum Gasteiger partial charge on any atom is 0.0697 e. The van der Waals surface area contributed by atoms with Crippen molar-refractivity contribution in [3.8, 4) is 0 Å². The van der Waals surface area contributed by atoms with E-state index in [4.69, 9.17) is 4.74 Å². The Hall–Kier alpha value is -0.0800. The summed E-state index contributed by atoms with van der Waals surface area (Å²) in [5.74, 6) is 1.81. The molecule has 0 bridgehead atoms. The second-order valence-corrected chi connectivity index (χ2v) is 8.06. The largest absolute Gasteiger partial charge is 0.375 e. The Balaban J connectivity index is 1.54. The van der Waals surface area contributed by atoms with Gasteiger partial charge in [0.25, 0.3) is 0 Å². The van der Waals surface area contributed by atoms with Crippen LogP contribution in [0.4, 0.5) is 0 Å². The quantitative estimate of drug-likeness (QED) is 0.814. The maximum absolute atomic E-state index is 6.23. The van der Waals surface area contributed by atoms with Crippen LogP contribution in [0.15, 0.2) is 0 Å². The van der Waals surface area contributed by atoms with Crippen molar-refractivity contribution in [3.63, 3.8) is 0 Å². The van der Waals surface area contributed by atoms with E-state index in [-0.39, 0.29) is 5.60 Å². The molecular formula is C18H33NO. The molecule has 1 aliphatic heterocycles. The van der Waals surface area contributed by atoms with Gasteiger partial charge in [-0.15, -0.1) is 0 Å². The Labute approximate surface area is 125 Å². The van der Waals surface area contributed by atoms with Gasteiger partial charge < -0.3 is 10.1 Å². The topological polar surface area (TPSA) is 21.3 Å². The van der Waals surface area contributed by atoms with Gasteiger partial charge in [0.1, 0.15) is 0 Å². The summed E-state index contributed by atoms with van der Waals surface area (Å²) in [6.07, 6.45) is 13.5. The predicted octanol–water partition coefficient (Wildman–Crippen LogP) is 4.28. The molecule has 2 saturated carbocycles. The highest BCUT2D eigenvalue weighted by molar-refractivity contribution is 4.93. The van der Waals surface area contributed by atoms with Crippen LogP contribution in [0.5, 0.6) is 0 Å². The molecule has 0 aromatic carbocycles. The predicted molar refractivity (Wildman–Crippen MR) is 83.9 cm³/mol. The number of hydrogen-bond donors (Lipinski definition) is 1. The standard InChI is InChI=1S/C18H33NO/c1-14-10-15(2)12-17(11-14)19-16-6-9-20-18(13-16)7-4-3-5-8-18/h14-17,19H,3-13H2,1-2H3. The minimum absolute atomic E-state index is 0.250. The molecule has 0 radical (unpaired) electrons. The van der Waals surface area contributed by atoms with Crippen LogP contribution in [-0.4, -0.2) is 24.3 Å². The number of hydrogen-bond acceptors (Lipinski definition) is 2. The van der Waals surface area contributed by atoms with E-state index in [0.717, 1.165) is 24.5 Å². The Bertz CT molecular complexity index is 295. The molecule has 2 heteroatoms. The highest BCUT2D eigenvalue weighted by atomic mass is 16.5. The summed E-state index contributed by atoms with van der Waals surface area (Å²) in [4.78, 5) is 0. The molecule has 1 N–H and O–H groups in total. The lowest BCUT2D eigenvalue weighted by molar-refractivity contribution is -0.110. The van der Waals surface area contributed by atoms with Crippen molar-refractivity contribution in [2.75, 3.05) is 6.61 Å². The van der Waals surface area contributed by atoms with Crippen LogP contribution in [0, 0.1) is 11.8 Å². The molecule has 3 atom stereocenters. The highest BCUT2D eigenvalue weighted by Crippen LogP contribution is 2.39. The van der Waals surface area contributed by atoms with E-state index < -0.39 is 0 Å². The van der Waals surface area contributed by atoms with E-state index in [0.29, 0.717) is 6.04 Å². The van der Waals surface area contributed by atoms with E-state index in [2.05, 4.69) is 19.2 Å². The van der Waals surface area contributed by atoms with Crippen molar-refractivity contribution in [2.45, 2.75) is 95.7 Å². The molecule has 3 rings (SSSR count). The van der Waals surface area contributed by atoms with Gasteiger partial charge in [-0.2, -0.15) is 0 Å². The average Bonchev–Trinajstić information content (AvgIpc) is 2.38. The Morgan fingerprint density at radius 3 is 2.30 bits per heavy atom. The number of rotatable bonds is 2. The van der Waals surface area contributed by atoms with Crippen LogP contribution in [0.25, 0.3) is 0 Å². The van der Waals surface area contributed by atoms with Crippen LogP contribution in [0.3, 0.4) is 0 Å². The SMILES string of the molecule is CC1CC(C)CC(NC2CCOC3(CCCCC3)C2)C1. The first-order valence-electron chi connectivity index (χ1n) is 9.05. The van der Waals surface area contributed by atoms with Gasteiger partial charge in [0.2, 0.25) is 0 Å². The summed E-state index contributed by atoms with van der Waals surface area (Å²) in [6, 6.07) is 1.47. The van der Waals surface area contributed by atoms with Crippen molar-refractivity contribution >= 4 is 0 Å². The van der Waals surface area contributed by atoms with Crippen molar-refractivity contribution in [2.24, 2.45) is 11.8 Å². The minimum atomic E-state index is 0.250. The zero-order valence-electron chi connectivity index (χ0n) is 13.5. The summed E-state index contributed by atoms with van der Waals surface area (Å²) in [7, 11) is 0. The highest BCUT2D eigenvalue weighted by Gasteiger charge is 2.39. The first-order valence-corrected chi connectivity index (χ1v) is 9.05. The second-order valence-electron chi connectivity index (χ2n) is 8.06. The van der Waals surface area contributed by atoms with Crippen LogP contribution in [0.2, 0.25) is 0 Å². The fraction of sp³-hybridized carbons (Fsp3) is 1.00. The number of ether oxygens (including phenoxy) is 1. The molecule has 2 nitrogen and oxygen atoms in total. The summed E-state index contributed by atoms with van der Waals surface area (Å²) in [5, 5.41) is 4.01. The van der Waals surface area contributed by atoms with Crippen LogP contribution in [0.1, 0.15) is 78.1 Å². The van der Waals surface area contributed by atoms with Gasteiger partial charge in [0.15, 0.2) is 0 Å². The molecule has 3 fully saturated rings.